The molecule has 2 fully saturated rings. The zero-order valence-corrected chi connectivity index (χ0v) is 16.9. The predicted molar refractivity (Wildman–Crippen MR) is 111 cm³/mol. The van der Waals surface area contributed by atoms with Crippen molar-refractivity contribution in [3.05, 3.63) is 78.4 Å². The van der Waals surface area contributed by atoms with E-state index >= 15 is 0 Å². The van der Waals surface area contributed by atoms with Crippen LogP contribution in [0.3, 0.4) is 0 Å². The molecule has 1 aromatic heterocycles. The molecule has 0 spiro atoms. The maximum absolute atomic E-state index is 13.3. The molecule has 0 radical (unpaired) electrons. The van der Waals surface area contributed by atoms with Gasteiger partial charge in [0.25, 0.3) is 0 Å². The van der Waals surface area contributed by atoms with Crippen LogP contribution in [0.1, 0.15) is 17.0 Å². The Morgan fingerprint density at radius 2 is 1.59 bits per heavy atom. The lowest BCUT2D eigenvalue weighted by Crippen LogP contribution is -2.73. The number of aryl methyl sites for hydroxylation is 1. The SMILES string of the molecule is Cc1ccccc1S(=O)(=O)N1[C@@H]2CNC[C@H]1C2c1ccc(-c2cncnc2)cc1. The molecular formula is C22H22N4O2S. The third-order valence-corrected chi connectivity index (χ3v) is 8.14. The summed E-state index contributed by atoms with van der Waals surface area (Å²) in [4.78, 5) is 8.56. The highest BCUT2D eigenvalue weighted by Gasteiger charge is 2.56. The van der Waals surface area contributed by atoms with Gasteiger partial charge in [-0.2, -0.15) is 4.31 Å². The van der Waals surface area contributed by atoms with E-state index in [2.05, 4.69) is 39.6 Å². The average Bonchev–Trinajstić information content (AvgIpc) is 2.75. The maximum Gasteiger partial charge on any atom is 0.243 e. The second-order valence-corrected chi connectivity index (χ2v) is 9.48. The highest BCUT2D eigenvalue weighted by Crippen LogP contribution is 2.46. The summed E-state index contributed by atoms with van der Waals surface area (Å²) in [6.07, 6.45) is 5.10. The van der Waals surface area contributed by atoms with Crippen LogP contribution in [-0.4, -0.2) is 47.9 Å². The topological polar surface area (TPSA) is 75.2 Å². The van der Waals surface area contributed by atoms with Crippen molar-refractivity contribution in [1.29, 1.82) is 0 Å². The Hall–Kier alpha value is -2.61. The first-order valence-corrected chi connectivity index (χ1v) is 11.2. The molecule has 29 heavy (non-hydrogen) atoms. The van der Waals surface area contributed by atoms with Crippen molar-refractivity contribution in [3.8, 4) is 11.1 Å². The Bertz CT molecular complexity index is 1120. The van der Waals surface area contributed by atoms with Crippen molar-refractivity contribution in [2.24, 2.45) is 0 Å². The summed E-state index contributed by atoms with van der Waals surface area (Å²) in [6, 6.07) is 15.4. The largest absolute Gasteiger partial charge is 0.313 e. The van der Waals surface area contributed by atoms with Gasteiger partial charge in [0.05, 0.1) is 4.90 Å². The van der Waals surface area contributed by atoms with Gasteiger partial charge in [-0.1, -0.05) is 42.5 Å². The first-order chi connectivity index (χ1) is 14.1. The standard InChI is InChI=1S/C22H22N4O2S/c1-15-4-2-3-5-21(15)29(27,28)26-19-12-23-13-20(26)22(19)17-8-6-16(7-9-17)18-10-24-14-25-11-18/h2-11,14,19-20,22-23H,12-13H2,1H3/t19-,20+,22?. The lowest BCUT2D eigenvalue weighted by atomic mass is 9.74. The molecule has 3 aromatic rings. The smallest absolute Gasteiger partial charge is 0.243 e. The van der Waals surface area contributed by atoms with Crippen molar-refractivity contribution in [1.82, 2.24) is 19.6 Å². The van der Waals surface area contributed by atoms with Gasteiger partial charge in [-0.15, -0.1) is 0 Å². The molecule has 3 atom stereocenters. The Morgan fingerprint density at radius 3 is 2.24 bits per heavy atom. The highest BCUT2D eigenvalue weighted by molar-refractivity contribution is 7.89. The van der Waals surface area contributed by atoms with Gasteiger partial charge in [0.2, 0.25) is 10.0 Å². The number of aromatic nitrogens is 2. The summed E-state index contributed by atoms with van der Waals surface area (Å²) in [7, 11) is -3.51. The van der Waals surface area contributed by atoms with E-state index in [0.29, 0.717) is 18.0 Å². The van der Waals surface area contributed by atoms with Crippen LogP contribution >= 0.6 is 0 Å². The zero-order valence-electron chi connectivity index (χ0n) is 16.1. The van der Waals surface area contributed by atoms with Gasteiger partial charge < -0.3 is 5.32 Å². The Labute approximate surface area is 170 Å². The zero-order chi connectivity index (χ0) is 20.0. The van der Waals surface area contributed by atoms with E-state index in [1.807, 2.05) is 19.1 Å². The summed E-state index contributed by atoms with van der Waals surface area (Å²) >= 11 is 0. The summed E-state index contributed by atoms with van der Waals surface area (Å²) < 4.78 is 28.4. The molecule has 0 saturated carbocycles. The van der Waals surface area contributed by atoms with E-state index in [1.165, 1.54) is 11.9 Å². The normalized spacial score (nSPS) is 24.1. The van der Waals surface area contributed by atoms with Crippen LogP contribution in [0.4, 0.5) is 0 Å². The summed E-state index contributed by atoms with van der Waals surface area (Å²) in [6.45, 7) is 3.19. The molecular weight excluding hydrogens is 384 g/mol. The fourth-order valence-electron chi connectivity index (χ4n) is 4.64. The molecule has 2 aromatic carbocycles. The number of piperazine rings is 1. The van der Waals surface area contributed by atoms with E-state index in [9.17, 15) is 8.42 Å². The van der Waals surface area contributed by atoms with Crippen molar-refractivity contribution < 1.29 is 8.42 Å². The van der Waals surface area contributed by atoms with Gasteiger partial charge in [0, 0.05) is 49.0 Å². The van der Waals surface area contributed by atoms with Crippen LogP contribution in [0.2, 0.25) is 0 Å². The van der Waals surface area contributed by atoms with Gasteiger partial charge in [-0.05, 0) is 29.7 Å². The first-order valence-electron chi connectivity index (χ1n) is 9.72. The number of sulfonamides is 1. The molecule has 1 unspecified atom stereocenters. The number of nitrogens with one attached hydrogen (secondary N) is 1. The van der Waals surface area contributed by atoms with E-state index in [-0.39, 0.29) is 18.0 Å². The highest BCUT2D eigenvalue weighted by atomic mass is 32.2. The van der Waals surface area contributed by atoms with Crippen LogP contribution < -0.4 is 5.32 Å². The molecule has 1 N–H and O–H groups in total. The molecule has 2 saturated heterocycles. The second-order valence-electron chi connectivity index (χ2n) is 7.67. The van der Waals surface area contributed by atoms with Gasteiger partial charge in [0.15, 0.2) is 0 Å². The van der Waals surface area contributed by atoms with E-state index in [4.69, 9.17) is 0 Å². The average molecular weight is 407 g/mol. The van der Waals surface area contributed by atoms with Crippen molar-refractivity contribution in [2.75, 3.05) is 13.1 Å². The lowest BCUT2D eigenvalue weighted by Gasteiger charge is -2.58. The van der Waals surface area contributed by atoms with Gasteiger partial charge >= 0.3 is 0 Å². The second kappa shape index (κ2) is 7.02. The number of hydrogen-bond donors (Lipinski definition) is 1. The van der Waals surface area contributed by atoms with Crippen LogP contribution in [0, 0.1) is 6.92 Å². The third kappa shape index (κ3) is 2.97. The monoisotopic (exact) mass is 406 g/mol. The molecule has 6 nitrogen and oxygen atoms in total. The number of rotatable bonds is 4. The van der Waals surface area contributed by atoms with E-state index in [0.717, 1.165) is 16.7 Å². The minimum Gasteiger partial charge on any atom is -0.313 e. The van der Waals surface area contributed by atoms with Crippen LogP contribution in [0.5, 0.6) is 0 Å². The number of piperidine rings is 1. The van der Waals surface area contributed by atoms with Crippen molar-refractivity contribution in [2.45, 2.75) is 29.8 Å². The molecule has 0 aliphatic carbocycles. The molecule has 0 amide bonds. The summed E-state index contributed by atoms with van der Waals surface area (Å²) in [5.74, 6) is 0.205. The Kier molecular flexibility index (Phi) is 4.46. The molecule has 5 rings (SSSR count). The minimum atomic E-state index is -3.51. The number of benzene rings is 2. The van der Waals surface area contributed by atoms with Crippen molar-refractivity contribution >= 4 is 10.0 Å². The van der Waals surface area contributed by atoms with Crippen LogP contribution in [-0.2, 0) is 10.0 Å². The fraction of sp³-hybridized carbons (Fsp3) is 0.273. The van der Waals surface area contributed by atoms with Gasteiger partial charge in [0.1, 0.15) is 6.33 Å². The van der Waals surface area contributed by atoms with Crippen LogP contribution in [0.25, 0.3) is 11.1 Å². The molecule has 7 heteroatoms. The Balaban J connectivity index is 1.44. The molecule has 3 heterocycles. The molecule has 2 aliphatic rings. The van der Waals surface area contributed by atoms with Crippen molar-refractivity contribution in [3.63, 3.8) is 0 Å². The van der Waals surface area contributed by atoms with Gasteiger partial charge in [-0.25, -0.2) is 18.4 Å². The fourth-order valence-corrected chi connectivity index (χ4v) is 6.71. The van der Waals surface area contributed by atoms with E-state index in [1.54, 1.807) is 28.8 Å². The lowest BCUT2D eigenvalue weighted by molar-refractivity contribution is 0.0370. The molecule has 148 valence electrons. The number of nitrogens with zero attached hydrogens (tertiary/aromatic N) is 3. The first kappa shape index (κ1) is 18.4. The summed E-state index contributed by atoms with van der Waals surface area (Å²) in [5.41, 5.74) is 3.99. The summed E-state index contributed by atoms with van der Waals surface area (Å²) in [5, 5.41) is 3.37. The number of hydrogen-bond acceptors (Lipinski definition) is 5. The predicted octanol–water partition coefficient (Wildman–Crippen LogP) is 2.58. The molecule has 2 bridgehead atoms. The minimum absolute atomic E-state index is 0.0655. The van der Waals surface area contributed by atoms with Gasteiger partial charge in [-0.3, -0.25) is 0 Å². The quantitative estimate of drug-likeness (QED) is 0.721. The van der Waals surface area contributed by atoms with E-state index < -0.39 is 10.0 Å². The third-order valence-electron chi connectivity index (χ3n) is 6.03. The van der Waals surface area contributed by atoms with Crippen LogP contribution in [0.15, 0.2) is 72.1 Å². The Morgan fingerprint density at radius 1 is 0.931 bits per heavy atom. The maximum atomic E-state index is 13.3. The number of fused-ring (bicyclic) bond motifs is 2. The molecule has 2 aliphatic heterocycles.